The quantitative estimate of drug-likeness (QED) is 0.633. The highest BCUT2D eigenvalue weighted by molar-refractivity contribution is 6.00. The van der Waals surface area contributed by atoms with E-state index in [-0.39, 0.29) is 30.7 Å². The molecule has 1 heterocycles. The van der Waals surface area contributed by atoms with Gasteiger partial charge in [-0.2, -0.15) is 0 Å². The van der Waals surface area contributed by atoms with Crippen LogP contribution in [0.4, 0.5) is 10.5 Å². The number of benzene rings is 1. The molecule has 1 aromatic rings. The average molecular weight is 418 g/mol. The lowest BCUT2D eigenvalue weighted by Crippen LogP contribution is -2.42. The van der Waals surface area contributed by atoms with Crippen molar-refractivity contribution in [3.63, 3.8) is 0 Å². The van der Waals surface area contributed by atoms with E-state index in [1.54, 1.807) is 4.90 Å². The van der Waals surface area contributed by atoms with Crippen molar-refractivity contribution < 1.29 is 23.9 Å². The Morgan fingerprint density at radius 1 is 1.20 bits per heavy atom. The molecule has 0 unspecified atom stereocenters. The van der Waals surface area contributed by atoms with Crippen LogP contribution in [0, 0.1) is 11.8 Å². The smallest absolute Gasteiger partial charge is 0.321 e. The maximum Gasteiger partial charge on any atom is 0.321 e. The zero-order valence-electron chi connectivity index (χ0n) is 18.1. The molecule has 0 saturated carbocycles. The number of imide groups is 1. The first-order valence-electron chi connectivity index (χ1n) is 10.4. The van der Waals surface area contributed by atoms with Crippen molar-refractivity contribution in [3.05, 3.63) is 29.8 Å². The van der Waals surface area contributed by atoms with E-state index in [2.05, 4.69) is 24.5 Å². The highest BCUT2D eigenvalue weighted by atomic mass is 16.5. The molecule has 0 aromatic heterocycles. The Labute approximate surface area is 177 Å². The third-order valence-electron chi connectivity index (χ3n) is 5.10. The zero-order chi connectivity index (χ0) is 22.3. The van der Waals surface area contributed by atoms with Crippen LogP contribution in [-0.4, -0.2) is 43.5 Å². The lowest BCUT2D eigenvalue weighted by atomic mass is 9.96. The second-order valence-corrected chi connectivity index (χ2v) is 8.03. The molecule has 1 saturated heterocycles. The maximum absolute atomic E-state index is 12.5. The monoisotopic (exact) mass is 417 g/mol. The molecule has 1 aliphatic rings. The summed E-state index contributed by atoms with van der Waals surface area (Å²) in [6.45, 7) is 8.11. The molecule has 0 radical (unpaired) electrons. The zero-order valence-corrected chi connectivity index (χ0v) is 18.1. The number of carbonyl (C=O) groups is 4. The van der Waals surface area contributed by atoms with E-state index in [0.29, 0.717) is 6.54 Å². The molecule has 0 bridgehead atoms. The van der Waals surface area contributed by atoms with Crippen LogP contribution in [0.1, 0.15) is 52.0 Å². The molecule has 1 fully saturated rings. The van der Waals surface area contributed by atoms with Crippen LogP contribution >= 0.6 is 0 Å². The lowest BCUT2D eigenvalue weighted by molar-refractivity contribution is -0.152. The minimum absolute atomic E-state index is 0.0319. The van der Waals surface area contributed by atoms with Crippen molar-refractivity contribution in [1.29, 1.82) is 0 Å². The van der Waals surface area contributed by atoms with E-state index in [4.69, 9.17) is 4.74 Å². The number of rotatable bonds is 8. The standard InChI is InChI=1S/C22H31N3O5/c1-5-15(4)17-8-6-7-9-18(17)25-12-16(10-20(25)27)21(28)30-13-19(26)24-22(29)23-11-14(2)3/h6-9,14-16H,5,10-13H2,1-4H3,(H2,23,24,26,29)/t15-,16+/m0/s1. The minimum atomic E-state index is -0.715. The molecule has 2 atom stereocenters. The van der Waals surface area contributed by atoms with Gasteiger partial charge >= 0.3 is 12.0 Å². The van der Waals surface area contributed by atoms with E-state index >= 15 is 0 Å². The predicted molar refractivity (Wildman–Crippen MR) is 113 cm³/mol. The minimum Gasteiger partial charge on any atom is -0.455 e. The van der Waals surface area contributed by atoms with E-state index < -0.39 is 30.4 Å². The van der Waals surface area contributed by atoms with Gasteiger partial charge in [-0.25, -0.2) is 4.79 Å². The van der Waals surface area contributed by atoms with Gasteiger partial charge in [0.1, 0.15) is 0 Å². The van der Waals surface area contributed by atoms with Gasteiger partial charge in [0.2, 0.25) is 5.91 Å². The summed E-state index contributed by atoms with van der Waals surface area (Å²) in [5.41, 5.74) is 1.88. The number of hydrogen-bond donors (Lipinski definition) is 2. The van der Waals surface area contributed by atoms with Crippen molar-refractivity contribution in [2.24, 2.45) is 11.8 Å². The van der Waals surface area contributed by atoms with Gasteiger partial charge in [0.25, 0.3) is 5.91 Å². The van der Waals surface area contributed by atoms with Crippen molar-refractivity contribution in [1.82, 2.24) is 10.6 Å². The molecule has 8 nitrogen and oxygen atoms in total. The second kappa shape index (κ2) is 10.8. The summed E-state index contributed by atoms with van der Waals surface area (Å²) in [4.78, 5) is 49.9. The lowest BCUT2D eigenvalue weighted by Gasteiger charge is -2.23. The van der Waals surface area contributed by atoms with Gasteiger partial charge in [-0.3, -0.25) is 19.7 Å². The number of nitrogens with zero attached hydrogens (tertiary/aromatic N) is 1. The Kier molecular flexibility index (Phi) is 8.38. The number of para-hydroxylation sites is 1. The van der Waals surface area contributed by atoms with Crippen molar-refractivity contribution in [2.75, 3.05) is 24.6 Å². The molecule has 0 aliphatic carbocycles. The van der Waals surface area contributed by atoms with Crippen LogP contribution in [0.25, 0.3) is 0 Å². The Bertz CT molecular complexity index is 793. The molecule has 4 amide bonds. The van der Waals surface area contributed by atoms with Gasteiger partial charge < -0.3 is 15.0 Å². The fourth-order valence-electron chi connectivity index (χ4n) is 3.23. The van der Waals surface area contributed by atoms with Crippen molar-refractivity contribution in [3.8, 4) is 0 Å². The number of amides is 4. The normalized spacial score (nSPS) is 17.0. The molecular weight excluding hydrogens is 386 g/mol. The summed E-state index contributed by atoms with van der Waals surface area (Å²) in [7, 11) is 0. The molecule has 2 rings (SSSR count). The van der Waals surface area contributed by atoms with E-state index in [1.807, 2.05) is 38.1 Å². The second-order valence-electron chi connectivity index (χ2n) is 8.03. The summed E-state index contributed by atoms with van der Waals surface area (Å²) in [6, 6.07) is 7.06. The molecule has 0 spiro atoms. The first-order chi connectivity index (χ1) is 14.2. The number of carbonyl (C=O) groups excluding carboxylic acids is 4. The molecule has 1 aromatic carbocycles. The summed E-state index contributed by atoms with van der Waals surface area (Å²) >= 11 is 0. The van der Waals surface area contributed by atoms with Crippen LogP contribution in [0.15, 0.2) is 24.3 Å². The van der Waals surface area contributed by atoms with Gasteiger partial charge in [-0.15, -0.1) is 0 Å². The molecule has 30 heavy (non-hydrogen) atoms. The Hall–Kier alpha value is -2.90. The highest BCUT2D eigenvalue weighted by Crippen LogP contribution is 2.33. The summed E-state index contributed by atoms with van der Waals surface area (Å²) < 4.78 is 5.04. The largest absolute Gasteiger partial charge is 0.455 e. The van der Waals surface area contributed by atoms with Gasteiger partial charge in [-0.1, -0.05) is 45.9 Å². The topological polar surface area (TPSA) is 105 Å². The van der Waals surface area contributed by atoms with Gasteiger partial charge in [0, 0.05) is 25.2 Å². The first-order valence-corrected chi connectivity index (χ1v) is 10.4. The van der Waals surface area contributed by atoms with Crippen LogP contribution < -0.4 is 15.5 Å². The van der Waals surface area contributed by atoms with Crippen LogP contribution in [0.5, 0.6) is 0 Å². The van der Waals surface area contributed by atoms with Gasteiger partial charge in [-0.05, 0) is 29.9 Å². The third kappa shape index (κ3) is 6.30. The number of hydrogen-bond acceptors (Lipinski definition) is 5. The van der Waals surface area contributed by atoms with E-state index in [9.17, 15) is 19.2 Å². The molecule has 8 heteroatoms. The van der Waals surface area contributed by atoms with Crippen LogP contribution in [-0.2, 0) is 19.1 Å². The highest BCUT2D eigenvalue weighted by Gasteiger charge is 2.37. The van der Waals surface area contributed by atoms with Crippen LogP contribution in [0.3, 0.4) is 0 Å². The molecule has 1 aliphatic heterocycles. The Morgan fingerprint density at radius 3 is 2.57 bits per heavy atom. The van der Waals surface area contributed by atoms with Crippen molar-refractivity contribution in [2.45, 2.75) is 46.5 Å². The predicted octanol–water partition coefficient (Wildman–Crippen LogP) is 2.58. The fraction of sp³-hybridized carbons (Fsp3) is 0.545. The summed E-state index contributed by atoms with van der Waals surface area (Å²) in [6.07, 6.45) is 0.967. The van der Waals surface area contributed by atoms with E-state index in [1.165, 1.54) is 0 Å². The van der Waals surface area contributed by atoms with Crippen LogP contribution in [0.2, 0.25) is 0 Å². The number of urea groups is 1. The van der Waals surface area contributed by atoms with E-state index in [0.717, 1.165) is 17.7 Å². The number of esters is 1. The Balaban J connectivity index is 1.90. The van der Waals surface area contributed by atoms with Crippen molar-refractivity contribution >= 4 is 29.5 Å². The average Bonchev–Trinajstić information content (AvgIpc) is 3.11. The Morgan fingerprint density at radius 2 is 1.90 bits per heavy atom. The number of anilines is 1. The number of ether oxygens (including phenoxy) is 1. The first kappa shape index (κ1) is 23.4. The summed E-state index contributed by atoms with van der Waals surface area (Å²) in [5.74, 6) is -1.60. The summed E-state index contributed by atoms with van der Waals surface area (Å²) in [5, 5.41) is 4.65. The molecular formula is C22H31N3O5. The number of nitrogens with one attached hydrogen (secondary N) is 2. The molecule has 164 valence electrons. The SMILES string of the molecule is CC[C@H](C)c1ccccc1N1C[C@H](C(=O)OCC(=O)NC(=O)NCC(C)C)CC1=O. The fourth-order valence-corrected chi connectivity index (χ4v) is 3.23. The molecule has 2 N–H and O–H groups in total. The van der Waals surface area contributed by atoms with Gasteiger partial charge in [0.05, 0.1) is 5.92 Å². The van der Waals surface area contributed by atoms with Gasteiger partial charge in [0.15, 0.2) is 6.61 Å². The maximum atomic E-state index is 12.5. The third-order valence-corrected chi connectivity index (χ3v) is 5.10.